The normalized spacial score (nSPS) is 24.0. The van der Waals surface area contributed by atoms with E-state index in [-0.39, 0.29) is 12.5 Å². The number of morpholine rings is 1. The molecule has 0 unspecified atom stereocenters. The molecule has 6 nitrogen and oxygen atoms in total. The number of nitrogens with zero attached hydrogens (tertiary/aromatic N) is 3. The fraction of sp³-hybridized carbons (Fsp3) is 0.400. The van der Waals surface area contributed by atoms with Gasteiger partial charge in [0, 0.05) is 30.2 Å². The Morgan fingerprint density at radius 1 is 1.22 bits per heavy atom. The molecule has 27 heavy (non-hydrogen) atoms. The standard InChI is InChI=1S/C20H21N3O3S/c21-10-16-3-5-17(6-4-16)23-14-20(26-12-19(23)24)13-22(7-8-25-15-20)11-18-2-1-9-27-18/h1-6,9H,7-8,11-15H2/t20-/m1/s1. The van der Waals surface area contributed by atoms with Crippen LogP contribution in [0.25, 0.3) is 0 Å². The summed E-state index contributed by atoms with van der Waals surface area (Å²) in [5.41, 5.74) is 0.820. The first-order valence-electron chi connectivity index (χ1n) is 8.94. The molecular formula is C20H21N3O3S. The van der Waals surface area contributed by atoms with E-state index in [0.29, 0.717) is 31.9 Å². The Morgan fingerprint density at radius 2 is 2.07 bits per heavy atom. The predicted molar refractivity (Wildman–Crippen MR) is 103 cm³/mol. The van der Waals surface area contributed by atoms with E-state index in [0.717, 1.165) is 18.8 Å². The molecule has 1 amide bonds. The van der Waals surface area contributed by atoms with E-state index in [1.165, 1.54) is 4.88 Å². The van der Waals surface area contributed by atoms with Gasteiger partial charge in [0.25, 0.3) is 5.91 Å². The Labute approximate surface area is 162 Å². The number of thiophene rings is 1. The third-order valence-electron chi connectivity index (χ3n) is 4.95. The summed E-state index contributed by atoms with van der Waals surface area (Å²) >= 11 is 1.75. The van der Waals surface area contributed by atoms with Gasteiger partial charge in [-0.25, -0.2) is 0 Å². The van der Waals surface area contributed by atoms with Crippen molar-refractivity contribution < 1.29 is 14.3 Å². The van der Waals surface area contributed by atoms with Gasteiger partial charge in [-0.05, 0) is 35.7 Å². The molecule has 0 N–H and O–H groups in total. The SMILES string of the molecule is N#Cc1ccc(N2C[C@]3(COCCN(Cc4cccs4)C3)OCC2=O)cc1. The van der Waals surface area contributed by atoms with Crippen molar-refractivity contribution in [3.8, 4) is 6.07 Å². The van der Waals surface area contributed by atoms with Gasteiger partial charge in [-0.1, -0.05) is 6.07 Å². The van der Waals surface area contributed by atoms with Crippen molar-refractivity contribution in [3.63, 3.8) is 0 Å². The average Bonchev–Trinajstić information content (AvgIpc) is 3.12. The summed E-state index contributed by atoms with van der Waals surface area (Å²) in [7, 11) is 0. The number of benzene rings is 1. The monoisotopic (exact) mass is 383 g/mol. The van der Waals surface area contributed by atoms with Crippen molar-refractivity contribution in [2.45, 2.75) is 12.1 Å². The molecule has 140 valence electrons. The van der Waals surface area contributed by atoms with Crippen LogP contribution in [0.3, 0.4) is 0 Å². The van der Waals surface area contributed by atoms with Gasteiger partial charge in [0.05, 0.1) is 31.4 Å². The highest BCUT2D eigenvalue weighted by molar-refractivity contribution is 7.09. The van der Waals surface area contributed by atoms with Crippen LogP contribution in [-0.4, -0.2) is 55.9 Å². The molecule has 4 rings (SSSR count). The van der Waals surface area contributed by atoms with E-state index < -0.39 is 5.60 Å². The van der Waals surface area contributed by atoms with Gasteiger partial charge in [-0.3, -0.25) is 9.69 Å². The zero-order valence-corrected chi connectivity index (χ0v) is 15.8. The first-order valence-corrected chi connectivity index (χ1v) is 9.82. The molecule has 3 heterocycles. The lowest BCUT2D eigenvalue weighted by atomic mass is 10.0. The van der Waals surface area contributed by atoms with Crippen LogP contribution >= 0.6 is 11.3 Å². The first kappa shape index (κ1) is 18.1. The van der Waals surface area contributed by atoms with Gasteiger partial charge in [0.15, 0.2) is 0 Å². The van der Waals surface area contributed by atoms with E-state index in [1.54, 1.807) is 28.4 Å². The number of carbonyl (C=O) groups excluding carboxylic acids is 1. The molecule has 1 aromatic carbocycles. The Morgan fingerprint density at radius 3 is 2.81 bits per heavy atom. The molecule has 2 aliphatic heterocycles. The molecular weight excluding hydrogens is 362 g/mol. The van der Waals surface area contributed by atoms with E-state index in [2.05, 4.69) is 28.5 Å². The average molecular weight is 383 g/mol. The lowest BCUT2D eigenvalue weighted by molar-refractivity contribution is -0.146. The van der Waals surface area contributed by atoms with E-state index >= 15 is 0 Å². The summed E-state index contributed by atoms with van der Waals surface area (Å²) < 4.78 is 11.9. The van der Waals surface area contributed by atoms with E-state index in [1.807, 2.05) is 12.1 Å². The van der Waals surface area contributed by atoms with Crippen LogP contribution in [0.2, 0.25) is 0 Å². The molecule has 1 spiro atoms. The number of rotatable bonds is 3. The van der Waals surface area contributed by atoms with Gasteiger partial charge >= 0.3 is 0 Å². The van der Waals surface area contributed by atoms with Crippen molar-refractivity contribution in [3.05, 3.63) is 52.2 Å². The number of ether oxygens (including phenoxy) is 2. The Hall–Kier alpha value is -2.24. The summed E-state index contributed by atoms with van der Waals surface area (Å²) in [6.07, 6.45) is 0. The summed E-state index contributed by atoms with van der Waals surface area (Å²) in [6.45, 7) is 4.01. The highest BCUT2D eigenvalue weighted by Crippen LogP contribution is 2.28. The van der Waals surface area contributed by atoms with Crippen LogP contribution in [0, 0.1) is 11.3 Å². The summed E-state index contributed by atoms with van der Waals surface area (Å²) in [4.78, 5) is 17.9. The lowest BCUT2D eigenvalue weighted by Crippen LogP contribution is -2.60. The maximum Gasteiger partial charge on any atom is 0.253 e. The maximum absolute atomic E-state index is 12.5. The Kier molecular flexibility index (Phi) is 5.23. The lowest BCUT2D eigenvalue weighted by Gasteiger charge is -2.43. The van der Waals surface area contributed by atoms with Gasteiger partial charge in [0.1, 0.15) is 12.2 Å². The van der Waals surface area contributed by atoms with Crippen LogP contribution in [0.1, 0.15) is 10.4 Å². The van der Waals surface area contributed by atoms with Crippen LogP contribution in [0.5, 0.6) is 0 Å². The maximum atomic E-state index is 12.5. The van der Waals surface area contributed by atoms with Crippen molar-refractivity contribution in [1.29, 1.82) is 5.26 Å². The molecule has 2 fully saturated rings. The summed E-state index contributed by atoms with van der Waals surface area (Å²) in [5, 5.41) is 11.1. The zero-order chi connectivity index (χ0) is 18.7. The molecule has 2 saturated heterocycles. The fourth-order valence-electron chi connectivity index (χ4n) is 3.59. The Bertz CT molecular complexity index is 831. The minimum atomic E-state index is -0.546. The van der Waals surface area contributed by atoms with Gasteiger partial charge in [-0.2, -0.15) is 5.26 Å². The Balaban J connectivity index is 1.53. The first-order chi connectivity index (χ1) is 13.2. The molecule has 0 aliphatic carbocycles. The van der Waals surface area contributed by atoms with Crippen molar-refractivity contribution in [1.82, 2.24) is 4.90 Å². The molecule has 0 saturated carbocycles. The predicted octanol–water partition coefficient (Wildman–Crippen LogP) is 2.25. The van der Waals surface area contributed by atoms with Crippen molar-refractivity contribution in [2.24, 2.45) is 0 Å². The van der Waals surface area contributed by atoms with Crippen LogP contribution < -0.4 is 4.90 Å². The van der Waals surface area contributed by atoms with Gasteiger partial charge < -0.3 is 14.4 Å². The van der Waals surface area contributed by atoms with Crippen molar-refractivity contribution >= 4 is 22.9 Å². The zero-order valence-electron chi connectivity index (χ0n) is 15.0. The number of hydrogen-bond acceptors (Lipinski definition) is 6. The third kappa shape index (κ3) is 4.04. The molecule has 0 radical (unpaired) electrons. The second-order valence-corrected chi connectivity index (χ2v) is 7.99. The molecule has 2 aliphatic rings. The molecule has 1 aromatic heterocycles. The number of nitriles is 1. The van der Waals surface area contributed by atoms with E-state index in [4.69, 9.17) is 14.7 Å². The summed E-state index contributed by atoms with van der Waals surface area (Å²) in [5.74, 6) is -0.0700. The second-order valence-electron chi connectivity index (χ2n) is 6.95. The van der Waals surface area contributed by atoms with Crippen molar-refractivity contribution in [2.75, 3.05) is 44.4 Å². The van der Waals surface area contributed by atoms with Gasteiger partial charge in [0.2, 0.25) is 0 Å². The second kappa shape index (κ2) is 7.79. The third-order valence-corrected chi connectivity index (χ3v) is 5.81. The molecule has 1 atom stereocenters. The molecule has 7 heteroatoms. The highest BCUT2D eigenvalue weighted by Gasteiger charge is 2.43. The summed E-state index contributed by atoms with van der Waals surface area (Å²) in [6, 6.07) is 13.4. The van der Waals surface area contributed by atoms with Crippen LogP contribution in [0.15, 0.2) is 41.8 Å². The minimum Gasteiger partial charge on any atom is -0.377 e. The minimum absolute atomic E-state index is 0.0379. The smallest absolute Gasteiger partial charge is 0.253 e. The highest BCUT2D eigenvalue weighted by atomic mass is 32.1. The number of amides is 1. The quantitative estimate of drug-likeness (QED) is 0.813. The van der Waals surface area contributed by atoms with Gasteiger partial charge in [-0.15, -0.1) is 11.3 Å². The number of carbonyl (C=O) groups is 1. The molecule has 2 aromatic rings. The van der Waals surface area contributed by atoms with Crippen LogP contribution in [-0.2, 0) is 20.8 Å². The topological polar surface area (TPSA) is 65.8 Å². The fourth-order valence-corrected chi connectivity index (χ4v) is 4.34. The molecule has 0 bridgehead atoms. The van der Waals surface area contributed by atoms with E-state index in [9.17, 15) is 4.79 Å². The van der Waals surface area contributed by atoms with Crippen LogP contribution in [0.4, 0.5) is 5.69 Å². The largest absolute Gasteiger partial charge is 0.377 e. The number of anilines is 1. The number of hydrogen-bond donors (Lipinski definition) is 0.